The van der Waals surface area contributed by atoms with Crippen LogP contribution in [0.2, 0.25) is 0 Å². The predicted molar refractivity (Wildman–Crippen MR) is 93.4 cm³/mol. The van der Waals surface area contributed by atoms with Gasteiger partial charge >= 0.3 is 0 Å². The molecule has 0 aromatic heterocycles. The number of ether oxygens (including phenoxy) is 2. The molecule has 1 aliphatic rings. The van der Waals surface area contributed by atoms with Crippen LogP contribution in [0, 0.1) is 6.92 Å². The number of thiocarbonyl (C=S) groups is 1. The summed E-state index contributed by atoms with van der Waals surface area (Å²) < 4.78 is 11.0. The standard InChI is InChI=1S/C18H19NO2S/c1-11-16(20-2)8-12(9-17(11)21-3)14-10-18(22)19-15-7-5-4-6-13(14)15/h4-9,14H,10H2,1-3H3,(H,19,22). The summed E-state index contributed by atoms with van der Waals surface area (Å²) in [6.45, 7) is 2.00. The number of hydrogen-bond donors (Lipinski definition) is 1. The van der Waals surface area contributed by atoms with Gasteiger partial charge in [-0.1, -0.05) is 30.4 Å². The summed E-state index contributed by atoms with van der Waals surface area (Å²) in [5.74, 6) is 1.90. The van der Waals surface area contributed by atoms with E-state index in [4.69, 9.17) is 21.7 Å². The average Bonchev–Trinajstić information content (AvgIpc) is 2.54. The first-order valence-corrected chi connectivity index (χ1v) is 7.66. The molecule has 0 aliphatic carbocycles. The molecule has 0 fully saturated rings. The van der Waals surface area contributed by atoms with Crippen molar-refractivity contribution in [3.05, 3.63) is 53.1 Å². The number of methoxy groups -OCH3 is 2. The van der Waals surface area contributed by atoms with E-state index in [-0.39, 0.29) is 5.92 Å². The Balaban J connectivity index is 2.13. The molecule has 1 heterocycles. The van der Waals surface area contributed by atoms with E-state index < -0.39 is 0 Å². The van der Waals surface area contributed by atoms with Gasteiger partial charge in [0, 0.05) is 23.6 Å². The van der Waals surface area contributed by atoms with Gasteiger partial charge in [0.15, 0.2) is 0 Å². The van der Waals surface area contributed by atoms with Gasteiger partial charge in [-0.15, -0.1) is 0 Å². The molecule has 0 spiro atoms. The zero-order valence-corrected chi connectivity index (χ0v) is 13.8. The average molecular weight is 313 g/mol. The highest BCUT2D eigenvalue weighted by atomic mass is 32.1. The highest BCUT2D eigenvalue weighted by Gasteiger charge is 2.25. The summed E-state index contributed by atoms with van der Waals surface area (Å²) in [7, 11) is 3.37. The highest BCUT2D eigenvalue weighted by molar-refractivity contribution is 7.80. The number of anilines is 1. The van der Waals surface area contributed by atoms with Gasteiger partial charge in [0.05, 0.1) is 19.2 Å². The number of benzene rings is 2. The van der Waals surface area contributed by atoms with Crippen molar-refractivity contribution >= 4 is 22.9 Å². The Morgan fingerprint density at radius 1 is 1.09 bits per heavy atom. The molecular weight excluding hydrogens is 294 g/mol. The Bertz CT molecular complexity index is 702. The van der Waals surface area contributed by atoms with Crippen LogP contribution >= 0.6 is 12.2 Å². The largest absolute Gasteiger partial charge is 0.496 e. The second-order valence-corrected chi connectivity index (χ2v) is 5.94. The summed E-state index contributed by atoms with van der Waals surface area (Å²) in [5.41, 5.74) is 4.51. The number of fused-ring (bicyclic) bond motifs is 1. The Morgan fingerprint density at radius 2 is 1.73 bits per heavy atom. The molecule has 0 bridgehead atoms. The van der Waals surface area contributed by atoms with E-state index in [1.54, 1.807) is 14.2 Å². The number of rotatable bonds is 3. The van der Waals surface area contributed by atoms with E-state index in [1.165, 1.54) is 5.56 Å². The van der Waals surface area contributed by atoms with Gasteiger partial charge in [-0.05, 0) is 36.2 Å². The molecule has 114 valence electrons. The Hall–Kier alpha value is -2.07. The van der Waals surface area contributed by atoms with Crippen LogP contribution in [-0.2, 0) is 0 Å². The third kappa shape index (κ3) is 2.55. The van der Waals surface area contributed by atoms with Crippen molar-refractivity contribution in [1.82, 2.24) is 0 Å². The van der Waals surface area contributed by atoms with Gasteiger partial charge in [0.2, 0.25) is 0 Å². The van der Waals surface area contributed by atoms with E-state index in [9.17, 15) is 0 Å². The topological polar surface area (TPSA) is 30.5 Å². The third-order valence-electron chi connectivity index (χ3n) is 4.18. The lowest BCUT2D eigenvalue weighted by Crippen LogP contribution is -2.22. The van der Waals surface area contributed by atoms with Gasteiger partial charge in [0.1, 0.15) is 11.5 Å². The summed E-state index contributed by atoms with van der Waals surface area (Å²) in [4.78, 5) is 0.863. The zero-order valence-electron chi connectivity index (χ0n) is 13.0. The quantitative estimate of drug-likeness (QED) is 0.857. The molecule has 2 aromatic rings. The molecule has 1 atom stereocenters. The number of nitrogens with one attached hydrogen (secondary N) is 1. The minimum Gasteiger partial charge on any atom is -0.496 e. The third-order valence-corrected chi connectivity index (χ3v) is 4.45. The van der Waals surface area contributed by atoms with Crippen molar-refractivity contribution in [2.75, 3.05) is 19.5 Å². The summed E-state index contributed by atoms with van der Waals surface area (Å²) in [6.07, 6.45) is 0.793. The maximum Gasteiger partial charge on any atom is 0.125 e. The first-order chi connectivity index (χ1) is 10.6. The monoisotopic (exact) mass is 313 g/mol. The zero-order chi connectivity index (χ0) is 15.7. The SMILES string of the molecule is COc1cc(C2CC(=S)Nc3ccccc32)cc(OC)c1C. The lowest BCUT2D eigenvalue weighted by Gasteiger charge is -2.28. The van der Waals surface area contributed by atoms with Crippen molar-refractivity contribution in [3.63, 3.8) is 0 Å². The smallest absolute Gasteiger partial charge is 0.125 e. The van der Waals surface area contributed by atoms with Crippen molar-refractivity contribution in [2.24, 2.45) is 0 Å². The van der Waals surface area contributed by atoms with E-state index in [0.29, 0.717) is 0 Å². The highest BCUT2D eigenvalue weighted by Crippen LogP contribution is 2.41. The van der Waals surface area contributed by atoms with Crippen LogP contribution in [0.4, 0.5) is 5.69 Å². The van der Waals surface area contributed by atoms with Gasteiger partial charge < -0.3 is 14.8 Å². The molecule has 0 amide bonds. The van der Waals surface area contributed by atoms with E-state index in [0.717, 1.165) is 39.7 Å². The summed E-state index contributed by atoms with van der Waals surface area (Å²) >= 11 is 5.43. The second-order valence-electron chi connectivity index (χ2n) is 5.44. The van der Waals surface area contributed by atoms with Gasteiger partial charge in [-0.2, -0.15) is 0 Å². The maximum atomic E-state index is 5.51. The van der Waals surface area contributed by atoms with Crippen molar-refractivity contribution < 1.29 is 9.47 Å². The fourth-order valence-electron chi connectivity index (χ4n) is 3.02. The van der Waals surface area contributed by atoms with Gasteiger partial charge in [0.25, 0.3) is 0 Å². The van der Waals surface area contributed by atoms with E-state index in [1.807, 2.05) is 13.0 Å². The molecule has 2 aromatic carbocycles. The minimum atomic E-state index is 0.216. The van der Waals surface area contributed by atoms with E-state index in [2.05, 4.69) is 35.6 Å². The summed E-state index contributed by atoms with van der Waals surface area (Å²) in [6, 6.07) is 12.5. The molecule has 0 saturated carbocycles. The van der Waals surface area contributed by atoms with Crippen LogP contribution in [0.1, 0.15) is 29.0 Å². The van der Waals surface area contributed by atoms with Crippen LogP contribution in [0.15, 0.2) is 36.4 Å². The normalized spacial score (nSPS) is 16.7. The molecule has 0 saturated heterocycles. The van der Waals surface area contributed by atoms with Crippen LogP contribution in [0.5, 0.6) is 11.5 Å². The molecule has 4 heteroatoms. The molecule has 3 nitrogen and oxygen atoms in total. The van der Waals surface area contributed by atoms with E-state index >= 15 is 0 Å². The van der Waals surface area contributed by atoms with Gasteiger partial charge in [-0.25, -0.2) is 0 Å². The van der Waals surface area contributed by atoms with Crippen molar-refractivity contribution in [3.8, 4) is 11.5 Å². The fourth-order valence-corrected chi connectivity index (χ4v) is 3.29. The minimum absolute atomic E-state index is 0.216. The lowest BCUT2D eigenvalue weighted by atomic mass is 9.84. The van der Waals surface area contributed by atoms with Crippen molar-refractivity contribution in [1.29, 1.82) is 0 Å². The van der Waals surface area contributed by atoms with Crippen molar-refractivity contribution in [2.45, 2.75) is 19.3 Å². The molecule has 1 aliphatic heterocycles. The molecule has 1 unspecified atom stereocenters. The lowest BCUT2D eigenvalue weighted by molar-refractivity contribution is 0.387. The number of para-hydroxylation sites is 1. The molecule has 22 heavy (non-hydrogen) atoms. The predicted octanol–water partition coefficient (Wildman–Crippen LogP) is 4.29. The van der Waals surface area contributed by atoms with Crippen LogP contribution in [-0.4, -0.2) is 19.2 Å². The van der Waals surface area contributed by atoms with Crippen LogP contribution in [0.3, 0.4) is 0 Å². The Morgan fingerprint density at radius 3 is 2.36 bits per heavy atom. The Kier molecular flexibility index (Phi) is 4.03. The van der Waals surface area contributed by atoms with Crippen LogP contribution < -0.4 is 14.8 Å². The summed E-state index contributed by atoms with van der Waals surface area (Å²) in [5, 5.41) is 3.30. The first-order valence-electron chi connectivity index (χ1n) is 7.25. The molecule has 0 radical (unpaired) electrons. The fraction of sp³-hybridized carbons (Fsp3) is 0.278. The molecular formula is C18H19NO2S. The molecule has 1 N–H and O–H groups in total. The maximum absolute atomic E-state index is 5.51. The molecule has 3 rings (SSSR count). The van der Waals surface area contributed by atoms with Gasteiger partial charge in [-0.3, -0.25) is 0 Å². The van der Waals surface area contributed by atoms with Crippen LogP contribution in [0.25, 0.3) is 0 Å². The first kappa shape index (κ1) is 14.9. The number of hydrogen-bond acceptors (Lipinski definition) is 3. The second kappa shape index (κ2) is 5.97. The Labute approximate surface area is 136 Å².